The molecule has 0 saturated heterocycles. The third kappa shape index (κ3) is 9.92. The van der Waals surface area contributed by atoms with Crippen LogP contribution in [0.3, 0.4) is 0 Å². The molecule has 3 aromatic carbocycles. The minimum Gasteiger partial charge on any atom is -0.352 e. The number of hydrogen-bond acceptors (Lipinski definition) is 4. The summed E-state index contributed by atoms with van der Waals surface area (Å²) in [5.41, 5.74) is 1.95. The number of carbonyl (C=O) groups excluding carboxylic acids is 2. The van der Waals surface area contributed by atoms with Crippen LogP contribution in [0.1, 0.15) is 37.8 Å². The Morgan fingerprint density at radius 1 is 0.878 bits per heavy atom. The zero-order valence-corrected chi connectivity index (χ0v) is 26.3. The quantitative estimate of drug-likeness (QED) is 0.236. The predicted molar refractivity (Wildman–Crippen MR) is 167 cm³/mol. The SMILES string of the molecule is CC(C)NC(=O)[C@@H](Cc1ccccc1)N(Cc1ccc(Cl)cc1)C(=O)CCCN(c1cc(Cl)ccc1Cl)S(C)(=O)=O. The van der Waals surface area contributed by atoms with Crippen molar-refractivity contribution >= 4 is 62.3 Å². The monoisotopic (exact) mass is 637 g/mol. The van der Waals surface area contributed by atoms with Gasteiger partial charge in [0.05, 0.1) is 17.0 Å². The molecule has 0 aliphatic rings. The molecule has 1 atom stereocenters. The van der Waals surface area contributed by atoms with E-state index >= 15 is 0 Å². The largest absolute Gasteiger partial charge is 0.352 e. The Hall–Kier alpha value is -2.78. The molecular formula is C30H34Cl3N3O4S. The van der Waals surface area contributed by atoms with Crippen molar-refractivity contribution in [2.75, 3.05) is 17.1 Å². The third-order valence-electron chi connectivity index (χ3n) is 6.30. The van der Waals surface area contributed by atoms with Crippen molar-refractivity contribution in [3.05, 3.63) is 99.0 Å². The average Bonchev–Trinajstić information content (AvgIpc) is 2.90. The Bertz CT molecular complexity index is 1440. The van der Waals surface area contributed by atoms with Crippen molar-refractivity contribution in [1.29, 1.82) is 0 Å². The summed E-state index contributed by atoms with van der Waals surface area (Å²) in [5, 5.41) is 4.07. The Morgan fingerprint density at radius 3 is 2.12 bits per heavy atom. The van der Waals surface area contributed by atoms with Gasteiger partial charge in [0.25, 0.3) is 0 Å². The summed E-state index contributed by atoms with van der Waals surface area (Å²) in [4.78, 5) is 28.9. The molecule has 0 radical (unpaired) electrons. The molecule has 0 heterocycles. The van der Waals surface area contributed by atoms with Crippen LogP contribution in [0.5, 0.6) is 0 Å². The van der Waals surface area contributed by atoms with E-state index in [0.29, 0.717) is 16.5 Å². The van der Waals surface area contributed by atoms with Gasteiger partial charge < -0.3 is 10.2 Å². The van der Waals surface area contributed by atoms with Crippen LogP contribution in [0.25, 0.3) is 0 Å². The second-order valence-electron chi connectivity index (χ2n) is 10.1. The molecule has 0 spiro atoms. The highest BCUT2D eigenvalue weighted by Gasteiger charge is 2.31. The minimum absolute atomic E-state index is 0.000955. The summed E-state index contributed by atoms with van der Waals surface area (Å²) in [5.74, 6) is -0.555. The maximum absolute atomic E-state index is 13.8. The van der Waals surface area contributed by atoms with Gasteiger partial charge in [-0.2, -0.15) is 0 Å². The summed E-state index contributed by atoms with van der Waals surface area (Å²) < 4.78 is 26.4. The van der Waals surface area contributed by atoms with Gasteiger partial charge in [0, 0.05) is 42.0 Å². The molecule has 2 amide bonds. The Labute approximate surface area is 257 Å². The highest BCUT2D eigenvalue weighted by molar-refractivity contribution is 7.92. The Morgan fingerprint density at radius 2 is 1.51 bits per heavy atom. The number of hydrogen-bond donors (Lipinski definition) is 1. The normalized spacial score (nSPS) is 12.2. The molecule has 0 aliphatic heterocycles. The minimum atomic E-state index is -3.72. The van der Waals surface area contributed by atoms with Crippen molar-refractivity contribution in [3.63, 3.8) is 0 Å². The summed E-state index contributed by atoms with van der Waals surface area (Å²) >= 11 is 18.5. The standard InChI is InChI=1S/C30H34Cl3N3O4S/c1-21(2)34-30(38)28(18-22-8-5-4-6-9-22)35(20-23-11-13-24(31)14-12-23)29(37)10-7-17-36(41(3,39)40)27-19-25(32)15-16-26(27)33/h4-6,8-9,11-16,19,21,28H,7,10,17-18,20H2,1-3H3,(H,34,38)/t28-/m1/s1. The molecule has 11 heteroatoms. The fourth-order valence-electron chi connectivity index (χ4n) is 4.38. The van der Waals surface area contributed by atoms with Gasteiger partial charge in [0.1, 0.15) is 6.04 Å². The lowest BCUT2D eigenvalue weighted by Gasteiger charge is -2.32. The summed E-state index contributed by atoms with van der Waals surface area (Å²) in [6, 6.07) is 20.3. The number of nitrogens with zero attached hydrogens (tertiary/aromatic N) is 2. The summed E-state index contributed by atoms with van der Waals surface area (Å²) in [6.07, 6.45) is 1.57. The van der Waals surface area contributed by atoms with Gasteiger partial charge in [0.15, 0.2) is 0 Å². The second-order valence-corrected chi connectivity index (χ2v) is 13.2. The molecule has 41 heavy (non-hydrogen) atoms. The lowest BCUT2D eigenvalue weighted by molar-refractivity contribution is -0.141. The molecule has 0 aliphatic carbocycles. The van der Waals surface area contributed by atoms with Crippen molar-refractivity contribution < 1.29 is 18.0 Å². The van der Waals surface area contributed by atoms with E-state index in [-0.39, 0.29) is 54.5 Å². The molecule has 7 nitrogen and oxygen atoms in total. The van der Waals surface area contributed by atoms with Crippen LogP contribution in [-0.2, 0) is 32.6 Å². The van der Waals surface area contributed by atoms with Crippen molar-refractivity contribution in [3.8, 4) is 0 Å². The Balaban J connectivity index is 1.89. The number of rotatable bonds is 13. The fourth-order valence-corrected chi connectivity index (χ4v) is 5.91. The molecule has 0 aromatic heterocycles. The van der Waals surface area contributed by atoms with Gasteiger partial charge in [-0.1, -0.05) is 77.3 Å². The number of amides is 2. The lowest BCUT2D eigenvalue weighted by Crippen LogP contribution is -2.51. The Kier molecular flexibility index (Phi) is 11.9. The van der Waals surface area contributed by atoms with Crippen LogP contribution in [-0.4, -0.2) is 50.0 Å². The average molecular weight is 639 g/mol. The topological polar surface area (TPSA) is 86.8 Å². The molecule has 220 valence electrons. The second kappa shape index (κ2) is 14.9. The number of benzene rings is 3. The van der Waals surface area contributed by atoms with Crippen LogP contribution >= 0.6 is 34.8 Å². The highest BCUT2D eigenvalue weighted by Crippen LogP contribution is 2.31. The van der Waals surface area contributed by atoms with Crippen LogP contribution in [0, 0.1) is 0 Å². The van der Waals surface area contributed by atoms with Gasteiger partial charge >= 0.3 is 0 Å². The first-order valence-electron chi connectivity index (χ1n) is 13.2. The molecule has 0 bridgehead atoms. The van der Waals surface area contributed by atoms with E-state index in [2.05, 4.69) is 5.32 Å². The molecule has 3 aromatic rings. The lowest BCUT2D eigenvalue weighted by atomic mass is 10.0. The van der Waals surface area contributed by atoms with E-state index in [1.54, 1.807) is 23.1 Å². The van der Waals surface area contributed by atoms with Gasteiger partial charge in [0.2, 0.25) is 21.8 Å². The number of nitrogens with one attached hydrogen (secondary N) is 1. The van der Waals surface area contributed by atoms with Gasteiger partial charge in [-0.3, -0.25) is 13.9 Å². The highest BCUT2D eigenvalue weighted by atomic mass is 35.5. The molecule has 0 saturated carbocycles. The number of anilines is 1. The van der Waals surface area contributed by atoms with Crippen LogP contribution in [0.4, 0.5) is 5.69 Å². The van der Waals surface area contributed by atoms with E-state index in [9.17, 15) is 18.0 Å². The number of halogens is 3. The van der Waals surface area contributed by atoms with Gasteiger partial charge in [-0.05, 0) is 61.7 Å². The van der Waals surface area contributed by atoms with Gasteiger partial charge in [-0.15, -0.1) is 0 Å². The molecule has 0 fully saturated rings. The van der Waals surface area contributed by atoms with Crippen LogP contribution in [0.15, 0.2) is 72.8 Å². The first-order valence-corrected chi connectivity index (χ1v) is 16.1. The van der Waals surface area contributed by atoms with Crippen LogP contribution < -0.4 is 9.62 Å². The van der Waals surface area contributed by atoms with Crippen molar-refractivity contribution in [2.45, 2.75) is 51.7 Å². The van der Waals surface area contributed by atoms with E-state index in [0.717, 1.165) is 21.7 Å². The maximum Gasteiger partial charge on any atom is 0.243 e. The maximum atomic E-state index is 13.8. The van der Waals surface area contributed by atoms with E-state index in [4.69, 9.17) is 34.8 Å². The van der Waals surface area contributed by atoms with Crippen molar-refractivity contribution in [1.82, 2.24) is 10.2 Å². The van der Waals surface area contributed by atoms with E-state index in [1.807, 2.05) is 56.3 Å². The zero-order chi connectivity index (χ0) is 30.2. The molecule has 3 rings (SSSR count). The number of carbonyl (C=O) groups is 2. The first kappa shape index (κ1) is 32.7. The smallest absolute Gasteiger partial charge is 0.243 e. The first-order chi connectivity index (χ1) is 19.3. The molecular weight excluding hydrogens is 605 g/mol. The third-order valence-corrected chi connectivity index (χ3v) is 8.28. The van der Waals surface area contributed by atoms with Crippen LogP contribution in [0.2, 0.25) is 15.1 Å². The molecule has 0 unspecified atom stereocenters. The predicted octanol–water partition coefficient (Wildman–Crippen LogP) is 6.36. The fraction of sp³-hybridized carbons (Fsp3) is 0.333. The zero-order valence-electron chi connectivity index (χ0n) is 23.2. The van der Waals surface area contributed by atoms with E-state index in [1.165, 1.54) is 12.1 Å². The molecule has 1 N–H and O–H groups in total. The van der Waals surface area contributed by atoms with Crippen molar-refractivity contribution in [2.24, 2.45) is 0 Å². The summed E-state index contributed by atoms with van der Waals surface area (Å²) in [6.45, 7) is 3.91. The summed E-state index contributed by atoms with van der Waals surface area (Å²) in [7, 11) is -3.72. The number of sulfonamides is 1. The van der Waals surface area contributed by atoms with Gasteiger partial charge in [-0.25, -0.2) is 8.42 Å². The van der Waals surface area contributed by atoms with E-state index < -0.39 is 16.1 Å².